The summed E-state index contributed by atoms with van der Waals surface area (Å²) in [7, 11) is -2.05. The van der Waals surface area contributed by atoms with Crippen LogP contribution in [0.1, 0.15) is 66.9 Å². The molecule has 2 heterocycles. The Balaban J connectivity index is 1.84. The molecule has 10 nitrogen and oxygen atoms in total. The molecule has 11 heteroatoms. The van der Waals surface area contributed by atoms with Crippen molar-refractivity contribution in [2.75, 3.05) is 0 Å². The second-order valence-electron chi connectivity index (χ2n) is 12.9. The van der Waals surface area contributed by atoms with Crippen LogP contribution in [0.2, 0.25) is 18.1 Å². The van der Waals surface area contributed by atoms with Gasteiger partial charge in [-0.1, -0.05) is 52.0 Å². The van der Waals surface area contributed by atoms with Gasteiger partial charge in [0, 0.05) is 18.1 Å². The van der Waals surface area contributed by atoms with Crippen molar-refractivity contribution in [2.45, 2.75) is 110 Å². The Labute approximate surface area is 238 Å². The maximum atomic E-state index is 13.3. The van der Waals surface area contributed by atoms with Gasteiger partial charge < -0.3 is 13.9 Å². The summed E-state index contributed by atoms with van der Waals surface area (Å²) in [5.41, 5.74) is -0.673. The quantitative estimate of drug-likeness (QED) is 0.210. The third kappa shape index (κ3) is 7.44. The van der Waals surface area contributed by atoms with E-state index in [9.17, 15) is 19.7 Å². The largest absolute Gasteiger partial charge is 0.443 e. The van der Waals surface area contributed by atoms with Gasteiger partial charge in [0.1, 0.15) is 11.4 Å². The fourth-order valence-electron chi connectivity index (χ4n) is 4.50. The average Bonchev–Trinajstić information content (AvgIpc) is 3.22. The van der Waals surface area contributed by atoms with E-state index in [2.05, 4.69) is 38.9 Å². The van der Waals surface area contributed by atoms with Crippen LogP contribution in [0.4, 0.5) is 10.5 Å². The highest BCUT2D eigenvalue weighted by molar-refractivity contribution is 6.74. The molecule has 1 fully saturated rings. The molecule has 1 saturated heterocycles. The number of dihydropyridines is 1. The van der Waals surface area contributed by atoms with Crippen molar-refractivity contribution in [3.05, 3.63) is 52.1 Å². The summed E-state index contributed by atoms with van der Waals surface area (Å²) in [6.07, 6.45) is 3.23. The Morgan fingerprint density at radius 3 is 2.40 bits per heavy atom. The predicted octanol–water partition coefficient (Wildman–Crippen LogP) is 6.40. The maximum absolute atomic E-state index is 13.3. The Morgan fingerprint density at radius 1 is 1.20 bits per heavy atom. The molecule has 2 unspecified atom stereocenters. The number of hydrogen-bond acceptors (Lipinski definition) is 7. The zero-order valence-corrected chi connectivity index (χ0v) is 26.1. The zero-order chi connectivity index (χ0) is 30.0. The van der Waals surface area contributed by atoms with Gasteiger partial charge in [0.15, 0.2) is 8.32 Å². The van der Waals surface area contributed by atoms with E-state index in [1.807, 2.05) is 6.92 Å². The molecule has 0 radical (unpaired) electrons. The highest BCUT2D eigenvalue weighted by Gasteiger charge is 2.47. The molecule has 0 aliphatic carbocycles. The number of amides is 2. The minimum absolute atomic E-state index is 0.0437. The summed E-state index contributed by atoms with van der Waals surface area (Å²) in [4.78, 5) is 43.0. The number of rotatable bonds is 7. The van der Waals surface area contributed by atoms with Crippen LogP contribution >= 0.6 is 0 Å². The highest BCUT2D eigenvalue weighted by atomic mass is 28.4. The summed E-state index contributed by atoms with van der Waals surface area (Å²) in [6, 6.07) is 6.14. The second kappa shape index (κ2) is 11.9. The van der Waals surface area contributed by atoms with Crippen molar-refractivity contribution in [3.63, 3.8) is 0 Å². The van der Waals surface area contributed by atoms with Crippen LogP contribution in [0.15, 0.2) is 41.4 Å². The van der Waals surface area contributed by atoms with E-state index in [0.29, 0.717) is 12.0 Å². The summed E-state index contributed by atoms with van der Waals surface area (Å²) in [6.45, 7) is 18.0. The van der Waals surface area contributed by atoms with E-state index >= 15 is 0 Å². The lowest BCUT2D eigenvalue weighted by atomic mass is 9.95. The van der Waals surface area contributed by atoms with Gasteiger partial charge in [0.05, 0.1) is 35.7 Å². The molecule has 2 amide bonds. The molecule has 40 heavy (non-hydrogen) atoms. The smallest absolute Gasteiger partial charge is 0.416 e. The van der Waals surface area contributed by atoms with Gasteiger partial charge in [-0.05, 0) is 51.4 Å². The molecule has 220 valence electrons. The Kier molecular flexibility index (Phi) is 9.42. The van der Waals surface area contributed by atoms with Gasteiger partial charge in [-0.3, -0.25) is 19.8 Å². The number of benzene rings is 1. The predicted molar refractivity (Wildman–Crippen MR) is 156 cm³/mol. The number of para-hydroxylation sites is 1. The molecule has 2 aliphatic rings. The molecule has 4 atom stereocenters. The number of carbonyl (C=O) groups is 2. The van der Waals surface area contributed by atoms with Crippen LogP contribution < -0.4 is 0 Å². The minimum Gasteiger partial charge on any atom is -0.443 e. The summed E-state index contributed by atoms with van der Waals surface area (Å²) >= 11 is 0. The monoisotopic (exact) mass is 573 g/mol. The first-order valence-electron chi connectivity index (χ1n) is 13.8. The lowest BCUT2D eigenvalue weighted by Crippen LogP contribution is -2.45. The van der Waals surface area contributed by atoms with Crippen LogP contribution in [0, 0.1) is 16.0 Å². The molecule has 0 spiro atoms. The molecular formula is C29H43N3O7Si. The fourth-order valence-corrected chi connectivity index (χ4v) is 5.86. The summed E-state index contributed by atoms with van der Waals surface area (Å²) in [5.74, 6) is -1.01. The average molecular weight is 574 g/mol. The number of nitro groups is 1. The van der Waals surface area contributed by atoms with E-state index < -0.39 is 42.9 Å². The Bertz CT molecular complexity index is 1180. The van der Waals surface area contributed by atoms with Gasteiger partial charge in [0.25, 0.3) is 11.6 Å². The van der Waals surface area contributed by atoms with E-state index in [-0.39, 0.29) is 35.3 Å². The van der Waals surface area contributed by atoms with Crippen molar-refractivity contribution >= 4 is 31.8 Å². The lowest BCUT2D eigenvalue weighted by Gasteiger charge is -2.39. The van der Waals surface area contributed by atoms with Crippen LogP contribution in [-0.2, 0) is 25.2 Å². The Morgan fingerprint density at radius 2 is 1.85 bits per heavy atom. The van der Waals surface area contributed by atoms with Gasteiger partial charge in [-0.25, -0.2) is 4.79 Å². The number of carbonyl (C=O) groups excluding carboxylic acids is 2. The number of nitro benzene ring substituents is 1. The number of ether oxygens (including phenoxy) is 2. The molecule has 0 aromatic heterocycles. The topological polar surface area (TPSA) is 121 Å². The maximum Gasteiger partial charge on any atom is 0.416 e. The SMILES string of the molecule is CC[C@H]1O[C@H](C2C=CC(N(Cc3ccccc3[N+](=O)[O-])C(=O)OC(C)(C)C)=NC2=O)CC1O[Si](C)(C)C(C)(C)C. The Hall–Kier alpha value is -2.89. The normalized spacial score (nSPS) is 23.6. The summed E-state index contributed by atoms with van der Waals surface area (Å²) < 4.78 is 18.5. The molecule has 0 bridgehead atoms. The zero-order valence-electron chi connectivity index (χ0n) is 25.1. The van der Waals surface area contributed by atoms with Crippen molar-refractivity contribution in [1.82, 2.24) is 4.90 Å². The molecule has 1 aromatic rings. The molecule has 0 saturated carbocycles. The summed E-state index contributed by atoms with van der Waals surface area (Å²) in [5, 5.41) is 11.6. The first-order chi connectivity index (χ1) is 18.4. The lowest BCUT2D eigenvalue weighted by molar-refractivity contribution is -0.385. The fraction of sp³-hybridized carbons (Fsp3) is 0.621. The van der Waals surface area contributed by atoms with Gasteiger partial charge in [-0.15, -0.1) is 0 Å². The van der Waals surface area contributed by atoms with Crippen LogP contribution in [0.5, 0.6) is 0 Å². The first-order valence-corrected chi connectivity index (χ1v) is 16.7. The second-order valence-corrected chi connectivity index (χ2v) is 17.7. The first kappa shape index (κ1) is 31.6. The van der Waals surface area contributed by atoms with Crippen LogP contribution in [0.3, 0.4) is 0 Å². The van der Waals surface area contributed by atoms with Gasteiger partial charge in [-0.2, -0.15) is 4.99 Å². The van der Waals surface area contributed by atoms with Crippen LogP contribution in [-0.4, -0.2) is 59.9 Å². The van der Waals surface area contributed by atoms with Gasteiger partial charge >= 0.3 is 6.09 Å². The van der Waals surface area contributed by atoms with Crippen molar-refractivity contribution in [1.29, 1.82) is 0 Å². The van der Waals surface area contributed by atoms with Crippen molar-refractivity contribution < 1.29 is 28.4 Å². The highest BCUT2D eigenvalue weighted by Crippen LogP contribution is 2.41. The minimum atomic E-state index is -2.05. The molecule has 0 N–H and O–H groups in total. The number of nitrogens with zero attached hydrogens (tertiary/aromatic N) is 3. The van der Waals surface area contributed by atoms with E-state index in [4.69, 9.17) is 13.9 Å². The van der Waals surface area contributed by atoms with E-state index in [1.165, 1.54) is 6.07 Å². The van der Waals surface area contributed by atoms with Crippen LogP contribution in [0.25, 0.3) is 0 Å². The third-order valence-corrected chi connectivity index (χ3v) is 12.2. The van der Waals surface area contributed by atoms with Crippen molar-refractivity contribution in [3.8, 4) is 0 Å². The standard InChI is InChI=1S/C29H43N3O7Si/c1-10-22-24(39-40(8,9)29(5,6)7)17-23(37-22)20-15-16-25(30-26(20)33)31(27(34)38-28(2,3)4)18-19-13-11-12-14-21(19)32(35)36/h11-16,20,22-24H,10,17-18H2,1-9H3/t20?,22-,23+,24?/m1/s1. The van der Waals surface area contributed by atoms with E-state index in [1.54, 1.807) is 51.1 Å². The third-order valence-electron chi connectivity index (χ3n) is 7.65. The number of aliphatic imine (C=N–C) groups is 1. The number of hydrogen-bond donors (Lipinski definition) is 0. The molecular weight excluding hydrogens is 530 g/mol. The number of amidine groups is 1. The molecule has 2 aliphatic heterocycles. The molecule has 1 aromatic carbocycles. The van der Waals surface area contributed by atoms with Crippen molar-refractivity contribution in [2.24, 2.45) is 10.9 Å². The van der Waals surface area contributed by atoms with E-state index in [0.717, 1.165) is 11.3 Å². The van der Waals surface area contributed by atoms with Gasteiger partial charge in [0.2, 0.25) is 0 Å². The molecule has 3 rings (SSSR count).